The molecular weight excluding hydrogens is 164 g/mol. The van der Waals surface area contributed by atoms with Crippen LogP contribution in [0, 0.1) is 0 Å². The summed E-state index contributed by atoms with van der Waals surface area (Å²) in [5.41, 5.74) is 0. The van der Waals surface area contributed by atoms with Crippen LogP contribution in [0.25, 0.3) is 0 Å². The summed E-state index contributed by atoms with van der Waals surface area (Å²) < 4.78 is 9.92. The van der Waals surface area contributed by atoms with Gasteiger partial charge in [-0.25, -0.2) is 0 Å². The highest BCUT2D eigenvalue weighted by molar-refractivity contribution is 6.36. The summed E-state index contributed by atoms with van der Waals surface area (Å²) in [6.45, 7) is 0. The SMILES string of the molecule is COC(OC)[SiH2]CCC(O)O. The Balaban J connectivity index is 3.21. The second-order valence-electron chi connectivity index (χ2n) is 2.31. The summed E-state index contributed by atoms with van der Waals surface area (Å²) in [6.07, 6.45) is -0.757. The molecule has 0 saturated carbocycles. The Morgan fingerprint density at radius 2 is 1.82 bits per heavy atom. The second kappa shape index (κ2) is 6.75. The first-order chi connectivity index (χ1) is 5.20. The van der Waals surface area contributed by atoms with E-state index in [9.17, 15) is 0 Å². The van der Waals surface area contributed by atoms with E-state index in [1.807, 2.05) is 0 Å². The Morgan fingerprint density at radius 1 is 1.27 bits per heavy atom. The lowest BCUT2D eigenvalue weighted by Crippen LogP contribution is -2.22. The zero-order valence-corrected chi connectivity index (χ0v) is 8.40. The molecule has 0 bridgehead atoms. The molecule has 68 valence electrons. The molecule has 5 heteroatoms. The van der Waals surface area contributed by atoms with Gasteiger partial charge in [0.2, 0.25) is 0 Å². The largest absolute Gasteiger partial charge is 0.368 e. The van der Waals surface area contributed by atoms with Crippen LogP contribution in [0.5, 0.6) is 0 Å². The van der Waals surface area contributed by atoms with Gasteiger partial charge in [-0.2, -0.15) is 0 Å². The summed E-state index contributed by atoms with van der Waals surface area (Å²) in [4.78, 5) is 0. The fraction of sp³-hybridized carbons (Fsp3) is 1.00. The van der Waals surface area contributed by atoms with Gasteiger partial charge >= 0.3 is 0 Å². The van der Waals surface area contributed by atoms with Crippen molar-refractivity contribution in [2.45, 2.75) is 24.7 Å². The van der Waals surface area contributed by atoms with Crippen molar-refractivity contribution in [2.75, 3.05) is 14.2 Å². The number of methoxy groups -OCH3 is 2. The number of hydrogen-bond acceptors (Lipinski definition) is 4. The third-order valence-corrected chi connectivity index (χ3v) is 3.38. The maximum atomic E-state index is 8.51. The highest BCUT2D eigenvalue weighted by atomic mass is 28.2. The molecule has 11 heavy (non-hydrogen) atoms. The Hall–Kier alpha value is 0.0569. The van der Waals surface area contributed by atoms with Crippen molar-refractivity contribution >= 4 is 9.52 Å². The van der Waals surface area contributed by atoms with Gasteiger partial charge < -0.3 is 19.7 Å². The minimum atomic E-state index is -1.18. The molecule has 0 aromatic heterocycles. The molecule has 0 unspecified atom stereocenters. The van der Waals surface area contributed by atoms with Gasteiger partial charge in [0.05, 0.1) is 9.52 Å². The lowest BCUT2D eigenvalue weighted by Gasteiger charge is -2.12. The lowest BCUT2D eigenvalue weighted by molar-refractivity contribution is -0.0496. The van der Waals surface area contributed by atoms with Crippen LogP contribution in [0.1, 0.15) is 6.42 Å². The van der Waals surface area contributed by atoms with E-state index in [0.717, 1.165) is 6.04 Å². The van der Waals surface area contributed by atoms with E-state index >= 15 is 0 Å². The molecule has 0 fully saturated rings. The van der Waals surface area contributed by atoms with Crippen molar-refractivity contribution in [3.8, 4) is 0 Å². The van der Waals surface area contributed by atoms with Crippen molar-refractivity contribution in [1.82, 2.24) is 0 Å². The number of ether oxygens (including phenoxy) is 2. The van der Waals surface area contributed by atoms with Crippen LogP contribution in [-0.2, 0) is 9.47 Å². The van der Waals surface area contributed by atoms with E-state index in [-0.39, 0.29) is 5.91 Å². The molecule has 0 aliphatic rings. The Morgan fingerprint density at radius 3 is 2.18 bits per heavy atom. The second-order valence-corrected chi connectivity index (χ2v) is 4.26. The number of aliphatic hydroxyl groups is 2. The summed E-state index contributed by atoms with van der Waals surface area (Å²) in [5, 5.41) is 17.0. The highest BCUT2D eigenvalue weighted by Crippen LogP contribution is 1.98. The quantitative estimate of drug-likeness (QED) is 0.400. The fourth-order valence-corrected chi connectivity index (χ4v) is 2.20. The normalized spacial score (nSPS) is 12.5. The predicted octanol–water partition coefficient (Wildman–Crippen LogP) is -1.15. The van der Waals surface area contributed by atoms with Crippen LogP contribution < -0.4 is 0 Å². The van der Waals surface area contributed by atoms with Crippen molar-refractivity contribution in [3.05, 3.63) is 0 Å². The molecule has 0 spiro atoms. The summed E-state index contributed by atoms with van der Waals surface area (Å²) in [6, 6.07) is 0.823. The molecule has 0 saturated heterocycles. The van der Waals surface area contributed by atoms with Gasteiger partial charge in [0.1, 0.15) is 5.91 Å². The zero-order chi connectivity index (χ0) is 8.69. The topological polar surface area (TPSA) is 58.9 Å². The summed E-state index contributed by atoms with van der Waals surface area (Å²) in [7, 11) is 2.71. The Labute approximate surface area is 69.0 Å². The van der Waals surface area contributed by atoms with Gasteiger partial charge in [0.25, 0.3) is 0 Å². The molecule has 0 amide bonds. The van der Waals surface area contributed by atoms with Crippen molar-refractivity contribution < 1.29 is 19.7 Å². The van der Waals surface area contributed by atoms with E-state index < -0.39 is 15.8 Å². The summed E-state index contributed by atoms with van der Waals surface area (Å²) in [5.74, 6) is -0.0891. The maximum absolute atomic E-state index is 8.51. The minimum absolute atomic E-state index is 0.0891. The average molecular weight is 180 g/mol. The van der Waals surface area contributed by atoms with Crippen LogP contribution in [0.2, 0.25) is 6.04 Å². The number of aliphatic hydroxyl groups excluding tert-OH is 1. The molecular formula is C6H16O4Si. The maximum Gasteiger partial charge on any atom is 0.151 e. The fourth-order valence-electron chi connectivity index (χ4n) is 0.799. The van der Waals surface area contributed by atoms with Crippen LogP contribution >= 0.6 is 0 Å². The highest BCUT2D eigenvalue weighted by Gasteiger charge is 2.06. The Bertz CT molecular complexity index is 84.7. The molecule has 0 aromatic carbocycles. The molecule has 0 aromatic rings. The molecule has 0 aliphatic heterocycles. The molecule has 2 N–H and O–H groups in total. The van der Waals surface area contributed by atoms with Gasteiger partial charge in [0, 0.05) is 14.2 Å². The van der Waals surface area contributed by atoms with E-state index in [4.69, 9.17) is 19.7 Å². The minimum Gasteiger partial charge on any atom is -0.368 e. The van der Waals surface area contributed by atoms with Crippen LogP contribution in [0.3, 0.4) is 0 Å². The molecule has 0 rings (SSSR count). The predicted molar refractivity (Wildman–Crippen MR) is 44.0 cm³/mol. The van der Waals surface area contributed by atoms with Crippen LogP contribution in [0.4, 0.5) is 0 Å². The zero-order valence-electron chi connectivity index (χ0n) is 6.99. The van der Waals surface area contributed by atoms with Crippen molar-refractivity contribution in [2.24, 2.45) is 0 Å². The van der Waals surface area contributed by atoms with Crippen molar-refractivity contribution in [3.63, 3.8) is 0 Å². The van der Waals surface area contributed by atoms with E-state index in [1.165, 1.54) is 0 Å². The van der Waals surface area contributed by atoms with Crippen LogP contribution in [0.15, 0.2) is 0 Å². The van der Waals surface area contributed by atoms with Crippen LogP contribution in [-0.4, -0.2) is 46.2 Å². The van der Waals surface area contributed by atoms with Gasteiger partial charge in [-0.1, -0.05) is 6.04 Å². The smallest absolute Gasteiger partial charge is 0.151 e. The molecule has 0 radical (unpaired) electrons. The van der Waals surface area contributed by atoms with E-state index in [2.05, 4.69) is 0 Å². The molecule has 0 atom stereocenters. The molecule has 4 nitrogen and oxygen atoms in total. The average Bonchev–Trinajstić information content (AvgIpc) is 1.98. The van der Waals surface area contributed by atoms with Gasteiger partial charge in [-0.05, 0) is 6.42 Å². The van der Waals surface area contributed by atoms with Gasteiger partial charge in [-0.15, -0.1) is 0 Å². The third-order valence-electron chi connectivity index (χ3n) is 1.43. The number of rotatable bonds is 6. The van der Waals surface area contributed by atoms with Crippen molar-refractivity contribution in [1.29, 1.82) is 0 Å². The first-order valence-electron chi connectivity index (χ1n) is 3.62. The van der Waals surface area contributed by atoms with E-state index in [0.29, 0.717) is 6.42 Å². The first-order valence-corrected chi connectivity index (χ1v) is 5.44. The van der Waals surface area contributed by atoms with E-state index in [1.54, 1.807) is 14.2 Å². The molecule has 0 heterocycles. The van der Waals surface area contributed by atoms with Gasteiger partial charge in [0.15, 0.2) is 6.29 Å². The monoisotopic (exact) mass is 180 g/mol. The molecule has 0 aliphatic carbocycles. The Kier molecular flexibility index (Phi) is 6.78. The third kappa shape index (κ3) is 6.45. The summed E-state index contributed by atoms with van der Waals surface area (Å²) >= 11 is 0. The first kappa shape index (κ1) is 11.1. The standard InChI is InChI=1S/C6H16O4Si/c1-9-6(10-2)11-4-3-5(7)8/h5-8H,3-4,11H2,1-2H3. The number of hydrogen-bond donors (Lipinski definition) is 2. The lowest BCUT2D eigenvalue weighted by atomic mass is 10.5. The van der Waals surface area contributed by atoms with Gasteiger partial charge in [-0.3, -0.25) is 0 Å².